The number of aryl methyl sites for hydroxylation is 2. The molecule has 2 heteroatoms. The molecule has 0 aliphatic carbocycles. The van der Waals surface area contributed by atoms with Crippen molar-refractivity contribution >= 4 is 32.7 Å². The van der Waals surface area contributed by atoms with Crippen LogP contribution in [0.25, 0.3) is 55.2 Å². The Morgan fingerprint density at radius 2 is 0.762 bits per heavy atom. The molecule has 0 radical (unpaired) electrons. The maximum absolute atomic E-state index is 4.75. The lowest BCUT2D eigenvalue weighted by Gasteiger charge is -2.22. The highest BCUT2D eigenvalue weighted by molar-refractivity contribution is 6.19. The number of benzene rings is 5. The van der Waals surface area contributed by atoms with Gasteiger partial charge in [-0.25, -0.2) is 0 Å². The lowest BCUT2D eigenvalue weighted by molar-refractivity contribution is 0.936. The zero-order valence-corrected chi connectivity index (χ0v) is 24.0. The topological polar surface area (TPSA) is 9.86 Å². The van der Waals surface area contributed by atoms with Gasteiger partial charge >= 0.3 is 0 Å². The van der Waals surface area contributed by atoms with Crippen molar-refractivity contribution < 1.29 is 0 Å². The number of aromatic nitrogens is 2. The molecule has 5 aromatic carbocycles. The fourth-order valence-corrected chi connectivity index (χ4v) is 6.47. The van der Waals surface area contributed by atoms with Crippen molar-refractivity contribution in [2.45, 2.75) is 0 Å². The average molecular weight is 541 g/mol. The molecule has 2 nitrogen and oxygen atoms in total. The van der Waals surface area contributed by atoms with E-state index in [1.807, 2.05) is 0 Å². The van der Waals surface area contributed by atoms with Gasteiger partial charge in [-0.05, 0) is 79.2 Å². The van der Waals surface area contributed by atoms with Gasteiger partial charge in [0.05, 0.1) is 0 Å². The van der Waals surface area contributed by atoms with Crippen LogP contribution in [0.2, 0.25) is 0 Å². The van der Waals surface area contributed by atoms with Gasteiger partial charge in [0.2, 0.25) is 0 Å². The Hall–Kier alpha value is -5.34. The zero-order chi connectivity index (χ0) is 28.8. The van der Waals surface area contributed by atoms with Gasteiger partial charge < -0.3 is 9.13 Å². The van der Waals surface area contributed by atoms with Gasteiger partial charge in [-0.15, -0.1) is 0 Å². The maximum Gasteiger partial charge on any atom is 0.0483 e. The number of hydrogen-bond donors (Lipinski definition) is 0. The van der Waals surface area contributed by atoms with Crippen molar-refractivity contribution in [3.8, 4) is 22.5 Å². The second-order valence-electron chi connectivity index (χ2n) is 10.9. The standard InChI is InChI=1S/C40H32N2/c1-27(29-15-5-7-17-31(29)37-23-13-25-41(37)3)39-33-19-9-11-21-35(33)40(36-22-12-10-20-34(36)39)28(2)30-16-6-8-18-32(30)38-24-14-26-42(38)4/h5-26H,1-2H2,3-4H3. The molecule has 0 saturated heterocycles. The van der Waals surface area contributed by atoms with Gasteiger partial charge in [-0.3, -0.25) is 0 Å². The number of rotatable bonds is 6. The van der Waals surface area contributed by atoms with Crippen molar-refractivity contribution in [1.82, 2.24) is 9.13 Å². The second-order valence-corrected chi connectivity index (χ2v) is 10.9. The Labute approximate surface area is 247 Å². The van der Waals surface area contributed by atoms with E-state index in [4.69, 9.17) is 13.2 Å². The van der Waals surface area contributed by atoms with Crippen LogP contribution in [0.1, 0.15) is 22.3 Å². The smallest absolute Gasteiger partial charge is 0.0483 e. The molecule has 0 N–H and O–H groups in total. The predicted octanol–water partition coefficient (Wildman–Crippen LogP) is 10.1. The lowest BCUT2D eigenvalue weighted by Crippen LogP contribution is -2.00. The van der Waals surface area contributed by atoms with E-state index in [1.165, 1.54) is 44.1 Å². The van der Waals surface area contributed by atoms with Gasteiger partial charge in [0.15, 0.2) is 0 Å². The Morgan fingerprint density at radius 1 is 0.429 bits per heavy atom. The van der Waals surface area contributed by atoms with Crippen LogP contribution in [0.4, 0.5) is 0 Å². The van der Waals surface area contributed by atoms with Crippen molar-refractivity contribution in [3.63, 3.8) is 0 Å². The van der Waals surface area contributed by atoms with E-state index >= 15 is 0 Å². The van der Waals surface area contributed by atoms with Crippen LogP contribution >= 0.6 is 0 Å². The summed E-state index contributed by atoms with van der Waals surface area (Å²) in [6.45, 7) is 9.50. The molecule has 0 bridgehead atoms. The quantitative estimate of drug-likeness (QED) is 0.186. The molecule has 42 heavy (non-hydrogen) atoms. The molecule has 7 aromatic rings. The van der Waals surface area contributed by atoms with Crippen molar-refractivity contribution in [2.75, 3.05) is 0 Å². The first-order chi connectivity index (χ1) is 20.5. The molecule has 2 heterocycles. The van der Waals surface area contributed by atoms with Crippen LogP contribution in [0.3, 0.4) is 0 Å². The van der Waals surface area contributed by atoms with E-state index in [0.717, 1.165) is 33.4 Å². The molecule has 0 spiro atoms. The summed E-state index contributed by atoms with van der Waals surface area (Å²) in [6, 6.07) is 43.1. The van der Waals surface area contributed by atoms with Crippen LogP contribution < -0.4 is 0 Å². The third-order valence-electron chi connectivity index (χ3n) is 8.48. The Morgan fingerprint density at radius 3 is 1.10 bits per heavy atom. The third-order valence-corrected chi connectivity index (χ3v) is 8.48. The summed E-state index contributed by atoms with van der Waals surface area (Å²) in [5.74, 6) is 0. The first-order valence-corrected chi connectivity index (χ1v) is 14.3. The van der Waals surface area contributed by atoms with Crippen LogP contribution in [0.15, 0.2) is 147 Å². The van der Waals surface area contributed by atoms with Crippen LogP contribution in [0.5, 0.6) is 0 Å². The SMILES string of the molecule is C=C(c1ccccc1-c1cccn1C)c1c2ccccc2c(C(=C)c2ccccc2-c2cccn2C)c2ccccc12. The molecule has 2 aromatic heterocycles. The lowest BCUT2D eigenvalue weighted by atomic mass is 9.82. The van der Waals surface area contributed by atoms with Crippen LogP contribution in [-0.2, 0) is 14.1 Å². The van der Waals surface area contributed by atoms with Gasteiger partial charge in [0.1, 0.15) is 0 Å². The molecular weight excluding hydrogens is 508 g/mol. The van der Waals surface area contributed by atoms with Crippen molar-refractivity contribution in [1.29, 1.82) is 0 Å². The second kappa shape index (κ2) is 10.2. The highest BCUT2D eigenvalue weighted by Gasteiger charge is 2.21. The maximum atomic E-state index is 4.75. The Bertz CT molecular complexity index is 1940. The highest BCUT2D eigenvalue weighted by atomic mass is 14.9. The van der Waals surface area contributed by atoms with E-state index in [1.54, 1.807) is 0 Å². The summed E-state index contributed by atoms with van der Waals surface area (Å²) in [7, 11) is 4.18. The van der Waals surface area contributed by atoms with Gasteiger partial charge in [0, 0.05) is 49.0 Å². The van der Waals surface area contributed by atoms with E-state index in [9.17, 15) is 0 Å². The largest absolute Gasteiger partial charge is 0.351 e. The van der Waals surface area contributed by atoms with Gasteiger partial charge in [-0.1, -0.05) is 110 Å². The molecule has 7 rings (SSSR count). The average Bonchev–Trinajstić information content (AvgIpc) is 3.66. The predicted molar refractivity (Wildman–Crippen MR) is 179 cm³/mol. The molecule has 0 aliphatic heterocycles. The van der Waals surface area contributed by atoms with Crippen molar-refractivity contribution in [2.24, 2.45) is 14.1 Å². The minimum atomic E-state index is 1.01. The van der Waals surface area contributed by atoms with Gasteiger partial charge in [-0.2, -0.15) is 0 Å². The minimum Gasteiger partial charge on any atom is -0.351 e. The number of hydrogen-bond acceptors (Lipinski definition) is 0. The monoisotopic (exact) mass is 540 g/mol. The summed E-state index contributed by atoms with van der Waals surface area (Å²) in [6.07, 6.45) is 4.18. The molecule has 0 saturated carbocycles. The molecule has 0 amide bonds. The molecular formula is C40H32N2. The number of nitrogens with zero attached hydrogens (tertiary/aromatic N) is 2. The fraction of sp³-hybridized carbons (Fsp3) is 0.0500. The molecule has 0 aliphatic rings. The Kier molecular flexibility index (Phi) is 6.25. The summed E-state index contributed by atoms with van der Waals surface area (Å²) < 4.78 is 4.33. The highest BCUT2D eigenvalue weighted by Crippen LogP contribution is 2.44. The van der Waals surface area contributed by atoms with E-state index < -0.39 is 0 Å². The molecule has 202 valence electrons. The summed E-state index contributed by atoms with van der Waals surface area (Å²) in [5.41, 5.74) is 11.3. The van der Waals surface area contributed by atoms with Crippen LogP contribution in [-0.4, -0.2) is 9.13 Å². The zero-order valence-electron chi connectivity index (χ0n) is 24.0. The normalized spacial score (nSPS) is 11.3. The van der Waals surface area contributed by atoms with Crippen molar-refractivity contribution in [3.05, 3.63) is 169 Å². The first-order valence-electron chi connectivity index (χ1n) is 14.3. The van der Waals surface area contributed by atoms with Crippen LogP contribution in [0, 0.1) is 0 Å². The summed E-state index contributed by atoms with van der Waals surface area (Å²) in [4.78, 5) is 0. The minimum absolute atomic E-state index is 1.01. The van der Waals surface area contributed by atoms with Gasteiger partial charge in [0.25, 0.3) is 0 Å². The summed E-state index contributed by atoms with van der Waals surface area (Å²) in [5, 5.41) is 4.71. The number of fused-ring (bicyclic) bond motifs is 2. The first kappa shape index (κ1) is 25.6. The fourth-order valence-electron chi connectivity index (χ4n) is 6.47. The molecule has 0 atom stereocenters. The molecule has 0 unspecified atom stereocenters. The third kappa shape index (κ3) is 4.03. The van der Waals surface area contributed by atoms with E-state index in [-0.39, 0.29) is 0 Å². The van der Waals surface area contributed by atoms with E-state index in [0.29, 0.717) is 0 Å². The summed E-state index contributed by atoms with van der Waals surface area (Å²) >= 11 is 0. The Balaban J connectivity index is 1.50. The molecule has 0 fully saturated rings. The van der Waals surface area contributed by atoms with E-state index in [2.05, 4.69) is 157 Å².